The summed E-state index contributed by atoms with van der Waals surface area (Å²) in [6, 6.07) is 3.48. The van der Waals surface area contributed by atoms with E-state index >= 15 is 0 Å². The Morgan fingerprint density at radius 2 is 2.12 bits per heavy atom. The molecule has 0 unspecified atom stereocenters. The minimum absolute atomic E-state index is 0.0244. The molecule has 1 aromatic rings. The summed E-state index contributed by atoms with van der Waals surface area (Å²) in [7, 11) is 1.56. The van der Waals surface area contributed by atoms with Crippen molar-refractivity contribution in [1.29, 1.82) is 0 Å². The lowest BCUT2D eigenvalue weighted by Crippen LogP contribution is -2.03. The van der Waals surface area contributed by atoms with E-state index in [2.05, 4.69) is 0 Å². The molecule has 4 heteroatoms. The molecule has 0 aliphatic rings. The summed E-state index contributed by atoms with van der Waals surface area (Å²) in [5.74, 6) is 0.00272. The van der Waals surface area contributed by atoms with Gasteiger partial charge in [0.25, 0.3) is 0 Å². The first-order valence-corrected chi connectivity index (χ1v) is 5.41. The average molecular weight is 243 g/mol. The van der Waals surface area contributed by atoms with E-state index in [1.54, 1.807) is 13.2 Å². The zero-order valence-electron chi connectivity index (χ0n) is 9.58. The second-order valence-electron chi connectivity index (χ2n) is 3.93. The first-order valence-electron chi connectivity index (χ1n) is 5.03. The van der Waals surface area contributed by atoms with E-state index in [1.165, 1.54) is 0 Å². The number of hydrogen-bond donors (Lipinski definition) is 1. The van der Waals surface area contributed by atoms with Gasteiger partial charge in [-0.1, -0.05) is 31.5 Å². The van der Waals surface area contributed by atoms with Gasteiger partial charge in [-0.2, -0.15) is 0 Å². The summed E-state index contributed by atoms with van der Waals surface area (Å²) in [5, 5.41) is 9.20. The SMILES string of the molecule is COc1c(Cl)cc(CC(=O)O)cc1C(C)C. The molecule has 1 aromatic carbocycles. The summed E-state index contributed by atoms with van der Waals surface area (Å²) < 4.78 is 5.22. The van der Waals surface area contributed by atoms with Crippen LogP contribution in [0.15, 0.2) is 12.1 Å². The average Bonchev–Trinajstić information content (AvgIpc) is 2.15. The Hall–Kier alpha value is -1.22. The molecule has 0 aliphatic carbocycles. The van der Waals surface area contributed by atoms with Crippen molar-refractivity contribution in [3.63, 3.8) is 0 Å². The maximum Gasteiger partial charge on any atom is 0.307 e. The number of hydrogen-bond acceptors (Lipinski definition) is 2. The molecule has 88 valence electrons. The molecular formula is C12H15ClO3. The van der Waals surface area contributed by atoms with Gasteiger partial charge in [-0.05, 0) is 23.1 Å². The van der Waals surface area contributed by atoms with Crippen molar-refractivity contribution in [1.82, 2.24) is 0 Å². The second-order valence-corrected chi connectivity index (χ2v) is 4.33. The highest BCUT2D eigenvalue weighted by Crippen LogP contribution is 2.34. The highest BCUT2D eigenvalue weighted by atomic mass is 35.5. The number of carboxylic acid groups (broad SMARTS) is 1. The lowest BCUT2D eigenvalue weighted by atomic mass is 9.98. The van der Waals surface area contributed by atoms with Crippen LogP contribution in [-0.2, 0) is 11.2 Å². The summed E-state index contributed by atoms with van der Waals surface area (Å²) >= 11 is 6.04. The number of carbonyl (C=O) groups is 1. The van der Waals surface area contributed by atoms with E-state index in [0.29, 0.717) is 16.3 Å². The Morgan fingerprint density at radius 3 is 2.56 bits per heavy atom. The molecule has 16 heavy (non-hydrogen) atoms. The lowest BCUT2D eigenvalue weighted by Gasteiger charge is -2.14. The summed E-state index contributed by atoms with van der Waals surface area (Å²) in [6.07, 6.45) is -0.0244. The molecule has 0 aliphatic heterocycles. The maximum absolute atomic E-state index is 10.6. The highest BCUT2D eigenvalue weighted by Gasteiger charge is 2.14. The number of halogens is 1. The molecule has 0 saturated carbocycles. The highest BCUT2D eigenvalue weighted by molar-refractivity contribution is 6.32. The van der Waals surface area contributed by atoms with E-state index in [4.69, 9.17) is 21.4 Å². The normalized spacial score (nSPS) is 10.6. The van der Waals surface area contributed by atoms with Gasteiger partial charge in [0.05, 0.1) is 18.6 Å². The van der Waals surface area contributed by atoms with Crippen LogP contribution >= 0.6 is 11.6 Å². The van der Waals surface area contributed by atoms with E-state index in [1.807, 2.05) is 19.9 Å². The summed E-state index contributed by atoms with van der Waals surface area (Å²) in [5.41, 5.74) is 1.63. The molecule has 3 nitrogen and oxygen atoms in total. The number of methoxy groups -OCH3 is 1. The van der Waals surface area contributed by atoms with Gasteiger partial charge in [-0.25, -0.2) is 0 Å². The Balaban J connectivity index is 3.22. The molecule has 1 N–H and O–H groups in total. The zero-order chi connectivity index (χ0) is 12.3. The maximum atomic E-state index is 10.6. The van der Waals surface area contributed by atoms with Gasteiger partial charge in [0.15, 0.2) is 0 Å². The van der Waals surface area contributed by atoms with Gasteiger partial charge in [0.1, 0.15) is 5.75 Å². The number of carboxylic acids is 1. The van der Waals surface area contributed by atoms with Crippen molar-refractivity contribution < 1.29 is 14.6 Å². The molecule has 0 radical (unpaired) electrons. The van der Waals surface area contributed by atoms with Gasteiger partial charge in [-0.15, -0.1) is 0 Å². The van der Waals surface area contributed by atoms with Crippen LogP contribution in [0.1, 0.15) is 30.9 Å². The quantitative estimate of drug-likeness (QED) is 0.883. The van der Waals surface area contributed by atoms with Crippen LogP contribution in [0.25, 0.3) is 0 Å². The van der Waals surface area contributed by atoms with Crippen molar-refractivity contribution in [2.45, 2.75) is 26.2 Å². The van der Waals surface area contributed by atoms with Crippen LogP contribution < -0.4 is 4.74 Å². The fourth-order valence-electron chi connectivity index (χ4n) is 1.59. The molecule has 0 spiro atoms. The molecule has 0 aromatic heterocycles. The van der Waals surface area contributed by atoms with Crippen molar-refractivity contribution in [3.05, 3.63) is 28.3 Å². The van der Waals surface area contributed by atoms with E-state index in [-0.39, 0.29) is 12.3 Å². The largest absolute Gasteiger partial charge is 0.495 e. The molecule has 1 rings (SSSR count). The van der Waals surface area contributed by atoms with Crippen LogP contribution in [0, 0.1) is 0 Å². The number of aliphatic carboxylic acids is 1. The molecule has 0 fully saturated rings. The summed E-state index contributed by atoms with van der Waals surface area (Å²) in [6.45, 7) is 4.03. The topological polar surface area (TPSA) is 46.5 Å². The molecule has 0 heterocycles. The van der Waals surface area contributed by atoms with Gasteiger partial charge in [-0.3, -0.25) is 4.79 Å². The lowest BCUT2D eigenvalue weighted by molar-refractivity contribution is -0.136. The Bertz CT molecular complexity index is 399. The standard InChI is InChI=1S/C12H15ClO3/c1-7(2)9-4-8(6-11(14)15)5-10(13)12(9)16-3/h4-5,7H,6H2,1-3H3,(H,14,15). The number of ether oxygens (including phenoxy) is 1. The van der Waals surface area contributed by atoms with E-state index in [0.717, 1.165) is 5.56 Å². The van der Waals surface area contributed by atoms with Crippen LogP contribution in [-0.4, -0.2) is 18.2 Å². The van der Waals surface area contributed by atoms with Crippen LogP contribution in [0.4, 0.5) is 0 Å². The van der Waals surface area contributed by atoms with Crippen molar-refractivity contribution >= 4 is 17.6 Å². The first kappa shape index (κ1) is 12.8. The minimum atomic E-state index is -0.865. The molecule has 0 bridgehead atoms. The fraction of sp³-hybridized carbons (Fsp3) is 0.417. The third kappa shape index (κ3) is 2.89. The Morgan fingerprint density at radius 1 is 1.50 bits per heavy atom. The third-order valence-corrected chi connectivity index (χ3v) is 2.59. The van der Waals surface area contributed by atoms with Gasteiger partial charge >= 0.3 is 5.97 Å². The predicted octanol–water partition coefficient (Wildman–Crippen LogP) is 3.10. The Labute approximate surface area is 100.0 Å². The van der Waals surface area contributed by atoms with E-state index in [9.17, 15) is 4.79 Å². The first-order chi connectivity index (χ1) is 7.45. The van der Waals surface area contributed by atoms with Crippen molar-refractivity contribution in [2.75, 3.05) is 7.11 Å². The van der Waals surface area contributed by atoms with Crippen molar-refractivity contribution in [2.24, 2.45) is 0 Å². The molecular weight excluding hydrogens is 228 g/mol. The van der Waals surface area contributed by atoms with Gasteiger partial charge in [0.2, 0.25) is 0 Å². The van der Waals surface area contributed by atoms with Crippen LogP contribution in [0.3, 0.4) is 0 Å². The fourth-order valence-corrected chi connectivity index (χ4v) is 1.92. The summed E-state index contributed by atoms with van der Waals surface area (Å²) in [4.78, 5) is 10.6. The zero-order valence-corrected chi connectivity index (χ0v) is 10.3. The monoisotopic (exact) mass is 242 g/mol. The molecule has 0 atom stereocenters. The molecule has 0 amide bonds. The Kier molecular flexibility index (Phi) is 4.19. The minimum Gasteiger partial charge on any atom is -0.495 e. The number of rotatable bonds is 4. The van der Waals surface area contributed by atoms with Crippen LogP contribution in [0.5, 0.6) is 5.75 Å². The van der Waals surface area contributed by atoms with Gasteiger partial charge in [0, 0.05) is 0 Å². The van der Waals surface area contributed by atoms with Crippen molar-refractivity contribution in [3.8, 4) is 5.75 Å². The predicted molar refractivity (Wildman–Crippen MR) is 63.4 cm³/mol. The molecule has 0 saturated heterocycles. The number of benzene rings is 1. The van der Waals surface area contributed by atoms with E-state index < -0.39 is 5.97 Å². The van der Waals surface area contributed by atoms with Gasteiger partial charge < -0.3 is 9.84 Å². The smallest absolute Gasteiger partial charge is 0.307 e. The van der Waals surface area contributed by atoms with Crippen LogP contribution in [0.2, 0.25) is 5.02 Å². The third-order valence-electron chi connectivity index (χ3n) is 2.31. The second kappa shape index (κ2) is 5.21.